The Morgan fingerprint density at radius 2 is 1.93 bits per heavy atom. The number of aliphatic hydroxyl groups excluding tert-OH is 1. The molecule has 1 atom stereocenters. The number of nitrogens with one attached hydrogen (secondary N) is 1. The molecule has 0 aliphatic carbocycles. The van der Waals surface area contributed by atoms with Crippen molar-refractivity contribution in [3.05, 3.63) is 29.6 Å². The first-order valence-corrected chi connectivity index (χ1v) is 4.07. The van der Waals surface area contributed by atoms with E-state index in [1.54, 1.807) is 6.92 Å². The Balaban J connectivity index is 2.94. The first-order valence-electron chi connectivity index (χ1n) is 4.07. The third kappa shape index (κ3) is 2.17. The molecule has 1 aromatic rings. The summed E-state index contributed by atoms with van der Waals surface area (Å²) >= 11 is 0. The van der Waals surface area contributed by atoms with Gasteiger partial charge in [0, 0.05) is 6.04 Å². The van der Waals surface area contributed by atoms with Crippen LogP contribution < -0.4 is 5.32 Å². The molecule has 0 aliphatic heterocycles. The molecule has 0 aromatic heterocycles. The first kappa shape index (κ1) is 10.8. The highest BCUT2D eigenvalue weighted by Gasteiger charge is 2.14. The van der Waals surface area contributed by atoms with Crippen LogP contribution in [-0.2, 0) is 0 Å². The van der Waals surface area contributed by atoms with E-state index in [2.05, 4.69) is 5.32 Å². The molecular formula is C9H10F3NO. The van der Waals surface area contributed by atoms with Gasteiger partial charge in [-0.1, -0.05) is 0 Å². The van der Waals surface area contributed by atoms with E-state index < -0.39 is 23.5 Å². The van der Waals surface area contributed by atoms with Gasteiger partial charge in [0.1, 0.15) is 0 Å². The third-order valence-electron chi connectivity index (χ3n) is 1.71. The van der Waals surface area contributed by atoms with Gasteiger partial charge in [0.25, 0.3) is 0 Å². The molecule has 2 N–H and O–H groups in total. The van der Waals surface area contributed by atoms with Gasteiger partial charge in [-0.05, 0) is 19.1 Å². The lowest BCUT2D eigenvalue weighted by molar-refractivity contribution is 0.281. The summed E-state index contributed by atoms with van der Waals surface area (Å²) in [6.07, 6.45) is 0. The molecule has 1 aromatic carbocycles. The SMILES string of the molecule is CC(CO)Nc1ccc(F)c(F)c1F. The molecule has 0 saturated heterocycles. The molecule has 5 heteroatoms. The van der Waals surface area contributed by atoms with Crippen LogP contribution in [-0.4, -0.2) is 17.8 Å². The van der Waals surface area contributed by atoms with E-state index in [1.165, 1.54) is 0 Å². The molecule has 0 saturated carbocycles. The number of halogens is 3. The zero-order chi connectivity index (χ0) is 10.7. The summed E-state index contributed by atoms with van der Waals surface area (Å²) in [6.45, 7) is 1.36. The van der Waals surface area contributed by atoms with Gasteiger partial charge < -0.3 is 10.4 Å². The molecule has 0 amide bonds. The lowest BCUT2D eigenvalue weighted by atomic mass is 10.2. The molecule has 0 fully saturated rings. The lowest BCUT2D eigenvalue weighted by Gasteiger charge is -2.13. The van der Waals surface area contributed by atoms with Crippen molar-refractivity contribution in [1.82, 2.24) is 0 Å². The minimum absolute atomic E-state index is 0.162. The van der Waals surface area contributed by atoms with E-state index in [0.29, 0.717) is 0 Å². The standard InChI is InChI=1S/C9H10F3NO/c1-5(4-14)13-7-3-2-6(10)8(11)9(7)12/h2-3,5,13-14H,4H2,1H3. The monoisotopic (exact) mass is 205 g/mol. The van der Waals surface area contributed by atoms with Gasteiger partial charge in [-0.2, -0.15) is 0 Å². The minimum Gasteiger partial charge on any atom is -0.394 e. The predicted octanol–water partition coefficient (Wildman–Crippen LogP) is 1.90. The smallest absolute Gasteiger partial charge is 0.196 e. The molecule has 0 heterocycles. The van der Waals surface area contributed by atoms with Crippen molar-refractivity contribution in [2.75, 3.05) is 11.9 Å². The second kappa shape index (κ2) is 4.32. The van der Waals surface area contributed by atoms with Crippen LogP contribution in [0.5, 0.6) is 0 Å². The average molecular weight is 205 g/mol. The molecule has 0 aliphatic rings. The van der Waals surface area contributed by atoms with Gasteiger partial charge >= 0.3 is 0 Å². The Bertz CT molecular complexity index is 330. The van der Waals surface area contributed by atoms with E-state index in [-0.39, 0.29) is 12.3 Å². The van der Waals surface area contributed by atoms with E-state index in [0.717, 1.165) is 12.1 Å². The van der Waals surface area contributed by atoms with Crippen molar-refractivity contribution in [3.8, 4) is 0 Å². The highest BCUT2D eigenvalue weighted by Crippen LogP contribution is 2.19. The lowest BCUT2D eigenvalue weighted by Crippen LogP contribution is -2.20. The highest BCUT2D eigenvalue weighted by molar-refractivity contribution is 5.46. The normalized spacial score (nSPS) is 12.6. The Morgan fingerprint density at radius 3 is 2.50 bits per heavy atom. The van der Waals surface area contributed by atoms with Crippen molar-refractivity contribution >= 4 is 5.69 Å². The van der Waals surface area contributed by atoms with Crippen molar-refractivity contribution in [3.63, 3.8) is 0 Å². The molecule has 1 unspecified atom stereocenters. The van der Waals surface area contributed by atoms with Gasteiger partial charge in [0.2, 0.25) is 0 Å². The zero-order valence-corrected chi connectivity index (χ0v) is 7.52. The summed E-state index contributed by atoms with van der Waals surface area (Å²) in [5.74, 6) is -4.02. The van der Waals surface area contributed by atoms with Crippen molar-refractivity contribution in [1.29, 1.82) is 0 Å². The number of anilines is 1. The molecule has 0 bridgehead atoms. The fourth-order valence-corrected chi connectivity index (χ4v) is 0.948. The summed E-state index contributed by atoms with van der Waals surface area (Å²) in [5.41, 5.74) is -0.162. The zero-order valence-electron chi connectivity index (χ0n) is 7.52. The second-order valence-corrected chi connectivity index (χ2v) is 2.95. The average Bonchev–Trinajstić information content (AvgIpc) is 2.19. The topological polar surface area (TPSA) is 32.3 Å². The van der Waals surface area contributed by atoms with Crippen LogP contribution in [0.2, 0.25) is 0 Å². The largest absolute Gasteiger partial charge is 0.394 e. The van der Waals surface area contributed by atoms with E-state index in [9.17, 15) is 13.2 Å². The van der Waals surface area contributed by atoms with Gasteiger partial charge in [-0.3, -0.25) is 0 Å². The third-order valence-corrected chi connectivity index (χ3v) is 1.71. The molecule has 0 radical (unpaired) electrons. The quantitative estimate of drug-likeness (QED) is 0.738. The fraction of sp³-hybridized carbons (Fsp3) is 0.333. The van der Waals surface area contributed by atoms with Crippen molar-refractivity contribution in [2.45, 2.75) is 13.0 Å². The van der Waals surface area contributed by atoms with Crippen molar-refractivity contribution in [2.24, 2.45) is 0 Å². The van der Waals surface area contributed by atoms with Crippen LogP contribution in [0.25, 0.3) is 0 Å². The van der Waals surface area contributed by atoms with Crippen LogP contribution in [0.15, 0.2) is 12.1 Å². The van der Waals surface area contributed by atoms with E-state index >= 15 is 0 Å². The highest BCUT2D eigenvalue weighted by atomic mass is 19.2. The summed E-state index contributed by atoms with van der Waals surface area (Å²) < 4.78 is 38.2. The fourth-order valence-electron chi connectivity index (χ4n) is 0.948. The van der Waals surface area contributed by atoms with Crippen LogP contribution in [0.1, 0.15) is 6.92 Å². The molecule has 1 rings (SSSR count). The van der Waals surface area contributed by atoms with Crippen LogP contribution in [0, 0.1) is 17.5 Å². The maximum Gasteiger partial charge on any atom is 0.196 e. The Hall–Kier alpha value is -1.23. The van der Waals surface area contributed by atoms with Gasteiger partial charge in [-0.15, -0.1) is 0 Å². The van der Waals surface area contributed by atoms with Crippen LogP contribution in [0.3, 0.4) is 0 Å². The summed E-state index contributed by atoms with van der Waals surface area (Å²) in [6, 6.07) is 1.49. The van der Waals surface area contributed by atoms with Gasteiger partial charge in [0.05, 0.1) is 12.3 Å². The van der Waals surface area contributed by atoms with Crippen molar-refractivity contribution < 1.29 is 18.3 Å². The maximum atomic E-state index is 13.0. The van der Waals surface area contributed by atoms with E-state index in [1.807, 2.05) is 0 Å². The summed E-state index contributed by atoms with van der Waals surface area (Å²) in [4.78, 5) is 0. The molecule has 14 heavy (non-hydrogen) atoms. The molecule has 0 spiro atoms. The summed E-state index contributed by atoms with van der Waals surface area (Å²) in [7, 11) is 0. The van der Waals surface area contributed by atoms with E-state index in [4.69, 9.17) is 5.11 Å². The summed E-state index contributed by atoms with van der Waals surface area (Å²) in [5, 5.41) is 11.2. The van der Waals surface area contributed by atoms with Crippen LogP contribution in [0.4, 0.5) is 18.9 Å². The maximum absolute atomic E-state index is 13.0. The first-order chi connectivity index (χ1) is 6.56. The number of rotatable bonds is 3. The van der Waals surface area contributed by atoms with Crippen LogP contribution >= 0.6 is 0 Å². The minimum atomic E-state index is -1.51. The molecule has 2 nitrogen and oxygen atoms in total. The van der Waals surface area contributed by atoms with Gasteiger partial charge in [0.15, 0.2) is 17.5 Å². The number of hydrogen-bond acceptors (Lipinski definition) is 2. The Labute approximate surface area is 79.4 Å². The predicted molar refractivity (Wildman–Crippen MR) is 46.5 cm³/mol. The number of hydrogen-bond donors (Lipinski definition) is 2. The second-order valence-electron chi connectivity index (χ2n) is 2.95. The van der Waals surface area contributed by atoms with Gasteiger partial charge in [-0.25, -0.2) is 13.2 Å². The Kier molecular flexibility index (Phi) is 3.35. The molecular weight excluding hydrogens is 195 g/mol. The molecule has 78 valence electrons. The Morgan fingerprint density at radius 1 is 1.29 bits per heavy atom. The number of aliphatic hydroxyl groups is 1. The number of benzene rings is 1.